The molecule has 6 nitrogen and oxygen atoms in total. The fourth-order valence-electron chi connectivity index (χ4n) is 3.69. The van der Waals surface area contributed by atoms with Gasteiger partial charge in [0.1, 0.15) is 11.3 Å². The van der Waals surface area contributed by atoms with Gasteiger partial charge in [-0.05, 0) is 67.9 Å². The topological polar surface area (TPSA) is 61.9 Å². The number of anilines is 2. The van der Waals surface area contributed by atoms with Gasteiger partial charge in [-0.3, -0.25) is 19.8 Å². The Labute approximate surface area is 181 Å². The zero-order chi connectivity index (χ0) is 21.1. The Morgan fingerprint density at radius 1 is 1.07 bits per heavy atom. The summed E-state index contributed by atoms with van der Waals surface area (Å²) in [6.45, 7) is 4.53. The number of thiocarbonyl (C=S) groups is 1. The second-order valence-electron chi connectivity index (χ2n) is 7.17. The Bertz CT molecular complexity index is 1010. The second-order valence-corrected chi connectivity index (χ2v) is 7.56. The first-order chi connectivity index (χ1) is 14.6. The van der Waals surface area contributed by atoms with Crippen LogP contribution in [-0.2, 0) is 9.59 Å². The van der Waals surface area contributed by atoms with Crippen LogP contribution < -0.4 is 19.9 Å². The van der Waals surface area contributed by atoms with Gasteiger partial charge in [-0.15, -0.1) is 0 Å². The van der Waals surface area contributed by atoms with Crippen LogP contribution in [0.1, 0.15) is 25.3 Å². The third kappa shape index (κ3) is 4.07. The monoisotopic (exact) mass is 421 g/mol. The lowest BCUT2D eigenvalue weighted by atomic mass is 10.1. The molecule has 2 saturated heterocycles. The minimum Gasteiger partial charge on any atom is -0.494 e. The van der Waals surface area contributed by atoms with Gasteiger partial charge in [-0.1, -0.05) is 18.2 Å². The number of hydrogen-bond donors (Lipinski definition) is 1. The van der Waals surface area contributed by atoms with Crippen molar-refractivity contribution in [1.29, 1.82) is 0 Å². The van der Waals surface area contributed by atoms with Gasteiger partial charge in [-0.2, -0.15) is 0 Å². The summed E-state index contributed by atoms with van der Waals surface area (Å²) in [4.78, 5) is 29.3. The van der Waals surface area contributed by atoms with E-state index in [4.69, 9.17) is 17.0 Å². The third-order valence-corrected chi connectivity index (χ3v) is 5.45. The molecule has 30 heavy (non-hydrogen) atoms. The molecule has 1 N–H and O–H groups in total. The fraction of sp³-hybridized carbons (Fsp3) is 0.261. The van der Waals surface area contributed by atoms with Crippen LogP contribution in [0, 0.1) is 0 Å². The van der Waals surface area contributed by atoms with E-state index in [0.29, 0.717) is 18.0 Å². The van der Waals surface area contributed by atoms with E-state index >= 15 is 0 Å². The van der Waals surface area contributed by atoms with Crippen LogP contribution in [0.25, 0.3) is 6.08 Å². The van der Waals surface area contributed by atoms with Crippen molar-refractivity contribution in [1.82, 2.24) is 5.32 Å². The molecule has 7 heteroatoms. The van der Waals surface area contributed by atoms with E-state index in [9.17, 15) is 9.59 Å². The van der Waals surface area contributed by atoms with Crippen LogP contribution in [0.2, 0.25) is 0 Å². The van der Waals surface area contributed by atoms with Crippen molar-refractivity contribution in [3.05, 3.63) is 59.7 Å². The van der Waals surface area contributed by atoms with E-state index in [0.717, 1.165) is 24.3 Å². The number of amides is 2. The molecule has 2 amide bonds. The highest BCUT2D eigenvalue weighted by Crippen LogP contribution is 2.26. The Morgan fingerprint density at radius 3 is 2.50 bits per heavy atom. The van der Waals surface area contributed by atoms with Gasteiger partial charge in [0.2, 0.25) is 0 Å². The number of carbonyl (C=O) groups excluding carboxylic acids is 2. The molecule has 4 rings (SSSR count). The van der Waals surface area contributed by atoms with Gasteiger partial charge in [0, 0.05) is 24.8 Å². The number of ether oxygens (including phenoxy) is 1. The van der Waals surface area contributed by atoms with Crippen LogP contribution in [0.4, 0.5) is 11.4 Å². The van der Waals surface area contributed by atoms with Gasteiger partial charge in [0.15, 0.2) is 5.11 Å². The van der Waals surface area contributed by atoms with Gasteiger partial charge in [0.05, 0.1) is 12.3 Å². The van der Waals surface area contributed by atoms with Crippen molar-refractivity contribution in [2.75, 3.05) is 29.5 Å². The predicted octanol–water partition coefficient (Wildman–Crippen LogP) is 3.52. The summed E-state index contributed by atoms with van der Waals surface area (Å²) < 4.78 is 5.52. The fourth-order valence-corrected chi connectivity index (χ4v) is 3.98. The number of rotatable bonds is 5. The first-order valence-corrected chi connectivity index (χ1v) is 10.5. The van der Waals surface area contributed by atoms with Crippen molar-refractivity contribution < 1.29 is 14.3 Å². The lowest BCUT2D eigenvalue weighted by Gasteiger charge is -2.29. The van der Waals surface area contributed by atoms with Crippen LogP contribution >= 0.6 is 12.2 Å². The van der Waals surface area contributed by atoms with Crippen molar-refractivity contribution in [3.8, 4) is 5.75 Å². The maximum atomic E-state index is 13.2. The molecular formula is C23H23N3O3S. The number of benzene rings is 2. The summed E-state index contributed by atoms with van der Waals surface area (Å²) in [5, 5.41) is 2.67. The van der Waals surface area contributed by atoms with Crippen molar-refractivity contribution in [3.63, 3.8) is 0 Å². The predicted molar refractivity (Wildman–Crippen MR) is 122 cm³/mol. The molecule has 2 aliphatic rings. The summed E-state index contributed by atoms with van der Waals surface area (Å²) in [5.41, 5.74) is 2.53. The molecule has 0 spiro atoms. The van der Waals surface area contributed by atoms with Gasteiger partial charge < -0.3 is 9.64 Å². The lowest BCUT2D eigenvalue weighted by molar-refractivity contribution is -0.122. The molecule has 0 unspecified atom stereocenters. The highest BCUT2D eigenvalue weighted by molar-refractivity contribution is 7.80. The summed E-state index contributed by atoms with van der Waals surface area (Å²) in [6, 6.07) is 15.0. The first-order valence-electron chi connectivity index (χ1n) is 10.1. The number of carbonyl (C=O) groups is 2. The molecule has 0 aromatic heterocycles. The second kappa shape index (κ2) is 8.67. The average Bonchev–Trinajstić information content (AvgIpc) is 3.27. The Kier molecular flexibility index (Phi) is 5.81. The quantitative estimate of drug-likeness (QED) is 0.455. The largest absolute Gasteiger partial charge is 0.494 e. The first kappa shape index (κ1) is 20.1. The van der Waals surface area contributed by atoms with Gasteiger partial charge in [-0.25, -0.2) is 0 Å². The number of nitrogens with one attached hydrogen (secondary N) is 1. The molecule has 0 saturated carbocycles. The maximum Gasteiger partial charge on any atom is 0.270 e. The highest BCUT2D eigenvalue weighted by Gasteiger charge is 2.34. The molecule has 2 fully saturated rings. The minimum atomic E-state index is -0.495. The molecule has 2 aromatic rings. The normalized spacial score (nSPS) is 18.2. The van der Waals surface area contributed by atoms with Crippen LogP contribution in [0.5, 0.6) is 5.75 Å². The minimum absolute atomic E-state index is 0.0411. The molecule has 154 valence electrons. The van der Waals surface area contributed by atoms with E-state index in [1.54, 1.807) is 24.3 Å². The Morgan fingerprint density at radius 2 is 1.80 bits per heavy atom. The SMILES string of the molecule is CCOc1cccc(N2C(=O)/C(=C/c3ccc(N4CCCC4)cc3)C(=O)NC2=S)c1. The smallest absolute Gasteiger partial charge is 0.270 e. The zero-order valence-electron chi connectivity index (χ0n) is 16.8. The van der Waals surface area contributed by atoms with Crippen LogP contribution in [-0.4, -0.2) is 36.6 Å². The zero-order valence-corrected chi connectivity index (χ0v) is 17.6. The molecule has 0 atom stereocenters. The summed E-state index contributed by atoms with van der Waals surface area (Å²) in [5.74, 6) is -0.322. The lowest BCUT2D eigenvalue weighted by Crippen LogP contribution is -2.54. The molecule has 0 aliphatic carbocycles. The summed E-state index contributed by atoms with van der Waals surface area (Å²) >= 11 is 5.27. The highest BCUT2D eigenvalue weighted by atomic mass is 32.1. The van der Waals surface area contributed by atoms with Gasteiger partial charge >= 0.3 is 0 Å². The van der Waals surface area contributed by atoms with Gasteiger partial charge in [0.25, 0.3) is 11.8 Å². The summed E-state index contributed by atoms with van der Waals surface area (Å²) in [7, 11) is 0. The standard InChI is InChI=1S/C23H23N3O3S/c1-2-29-19-7-5-6-18(15-19)26-22(28)20(21(27)24-23(26)30)14-16-8-10-17(11-9-16)25-12-3-4-13-25/h5-11,14-15H,2-4,12-13H2,1H3,(H,24,27,30)/b20-14+. The maximum absolute atomic E-state index is 13.2. The van der Waals surface area contributed by atoms with Crippen LogP contribution in [0.15, 0.2) is 54.1 Å². The molecule has 2 heterocycles. The van der Waals surface area contributed by atoms with Crippen molar-refractivity contribution in [2.45, 2.75) is 19.8 Å². The van der Waals surface area contributed by atoms with E-state index in [2.05, 4.69) is 10.2 Å². The van der Waals surface area contributed by atoms with Crippen LogP contribution in [0.3, 0.4) is 0 Å². The molecular weight excluding hydrogens is 398 g/mol. The Balaban J connectivity index is 1.61. The average molecular weight is 422 g/mol. The van der Waals surface area contributed by atoms with Crippen molar-refractivity contribution >= 4 is 46.6 Å². The molecule has 0 bridgehead atoms. The van der Waals surface area contributed by atoms with E-state index < -0.39 is 11.8 Å². The molecule has 0 radical (unpaired) electrons. The molecule has 2 aromatic carbocycles. The number of nitrogens with zero attached hydrogens (tertiary/aromatic N) is 2. The Hall–Kier alpha value is -3.19. The van der Waals surface area contributed by atoms with E-state index in [1.807, 2.05) is 37.3 Å². The van der Waals surface area contributed by atoms with E-state index in [-0.39, 0.29) is 10.7 Å². The molecule has 2 aliphatic heterocycles. The summed E-state index contributed by atoms with van der Waals surface area (Å²) in [6.07, 6.45) is 4.02. The van der Waals surface area contributed by atoms with E-state index in [1.165, 1.54) is 17.7 Å². The van der Waals surface area contributed by atoms with Crippen molar-refractivity contribution in [2.24, 2.45) is 0 Å². The third-order valence-electron chi connectivity index (χ3n) is 5.16. The number of hydrogen-bond acceptors (Lipinski definition) is 5.